The SMILES string of the molecule is Cc1ccc(CCNC2CCOC3(CCOCC3)C2)o1. The highest BCUT2D eigenvalue weighted by Crippen LogP contribution is 2.34. The molecule has 0 aliphatic carbocycles. The Balaban J connectivity index is 1.45. The summed E-state index contributed by atoms with van der Waals surface area (Å²) in [6.07, 6.45) is 5.28. The van der Waals surface area contributed by atoms with E-state index in [0.29, 0.717) is 6.04 Å². The molecule has 0 saturated carbocycles. The van der Waals surface area contributed by atoms with Crippen molar-refractivity contribution in [2.45, 2.75) is 50.7 Å². The van der Waals surface area contributed by atoms with Crippen LogP contribution in [0.1, 0.15) is 37.2 Å². The van der Waals surface area contributed by atoms with E-state index in [9.17, 15) is 0 Å². The summed E-state index contributed by atoms with van der Waals surface area (Å²) < 4.78 is 17.1. The van der Waals surface area contributed by atoms with Gasteiger partial charge in [-0.05, 0) is 44.7 Å². The zero-order valence-corrected chi connectivity index (χ0v) is 12.3. The molecule has 112 valence electrons. The largest absolute Gasteiger partial charge is 0.466 e. The summed E-state index contributed by atoms with van der Waals surface area (Å²) >= 11 is 0. The van der Waals surface area contributed by atoms with Gasteiger partial charge >= 0.3 is 0 Å². The zero-order valence-electron chi connectivity index (χ0n) is 12.3. The van der Waals surface area contributed by atoms with E-state index in [-0.39, 0.29) is 5.60 Å². The molecule has 2 fully saturated rings. The molecule has 1 aromatic heterocycles. The molecule has 3 heterocycles. The van der Waals surface area contributed by atoms with Crippen molar-refractivity contribution >= 4 is 0 Å². The quantitative estimate of drug-likeness (QED) is 0.919. The van der Waals surface area contributed by atoms with Crippen molar-refractivity contribution in [1.29, 1.82) is 0 Å². The van der Waals surface area contributed by atoms with Gasteiger partial charge in [0.05, 0.1) is 5.60 Å². The summed E-state index contributed by atoms with van der Waals surface area (Å²) in [7, 11) is 0. The highest BCUT2D eigenvalue weighted by atomic mass is 16.5. The van der Waals surface area contributed by atoms with Crippen molar-refractivity contribution in [3.63, 3.8) is 0 Å². The average Bonchev–Trinajstić information content (AvgIpc) is 2.86. The van der Waals surface area contributed by atoms with Crippen LogP contribution in [0.2, 0.25) is 0 Å². The van der Waals surface area contributed by atoms with Crippen molar-refractivity contribution in [3.05, 3.63) is 23.7 Å². The number of rotatable bonds is 4. The third kappa shape index (κ3) is 3.43. The molecule has 0 bridgehead atoms. The molecule has 3 rings (SSSR count). The van der Waals surface area contributed by atoms with E-state index in [0.717, 1.165) is 70.0 Å². The summed E-state index contributed by atoms with van der Waals surface area (Å²) in [6.45, 7) is 5.53. The maximum atomic E-state index is 6.07. The van der Waals surface area contributed by atoms with Gasteiger partial charge in [-0.2, -0.15) is 0 Å². The van der Waals surface area contributed by atoms with Gasteiger partial charge in [0.1, 0.15) is 11.5 Å². The summed E-state index contributed by atoms with van der Waals surface area (Å²) in [6, 6.07) is 4.67. The molecule has 0 radical (unpaired) electrons. The number of hydrogen-bond acceptors (Lipinski definition) is 4. The maximum absolute atomic E-state index is 6.07. The van der Waals surface area contributed by atoms with Crippen LogP contribution in [0.4, 0.5) is 0 Å². The minimum atomic E-state index is 0.0788. The van der Waals surface area contributed by atoms with E-state index in [2.05, 4.69) is 11.4 Å². The highest BCUT2D eigenvalue weighted by Gasteiger charge is 2.38. The summed E-state index contributed by atoms with van der Waals surface area (Å²) in [5, 5.41) is 3.67. The van der Waals surface area contributed by atoms with E-state index in [1.165, 1.54) is 0 Å². The van der Waals surface area contributed by atoms with E-state index in [1.807, 2.05) is 13.0 Å². The van der Waals surface area contributed by atoms with Crippen molar-refractivity contribution in [1.82, 2.24) is 5.32 Å². The van der Waals surface area contributed by atoms with Gasteiger partial charge in [-0.3, -0.25) is 0 Å². The van der Waals surface area contributed by atoms with Crippen LogP contribution in [-0.2, 0) is 15.9 Å². The van der Waals surface area contributed by atoms with Crippen LogP contribution in [0.25, 0.3) is 0 Å². The van der Waals surface area contributed by atoms with Gasteiger partial charge in [0, 0.05) is 38.8 Å². The minimum absolute atomic E-state index is 0.0788. The van der Waals surface area contributed by atoms with E-state index in [4.69, 9.17) is 13.9 Å². The molecule has 2 aliphatic heterocycles. The Bertz CT molecular complexity index is 418. The molecule has 1 atom stereocenters. The fourth-order valence-electron chi connectivity index (χ4n) is 3.31. The van der Waals surface area contributed by atoms with Gasteiger partial charge in [0.25, 0.3) is 0 Å². The number of aryl methyl sites for hydroxylation is 1. The predicted molar refractivity (Wildman–Crippen MR) is 76.9 cm³/mol. The van der Waals surface area contributed by atoms with E-state index in [1.54, 1.807) is 0 Å². The van der Waals surface area contributed by atoms with Crippen molar-refractivity contribution in [3.8, 4) is 0 Å². The van der Waals surface area contributed by atoms with Gasteiger partial charge < -0.3 is 19.2 Å². The Labute approximate surface area is 120 Å². The Hall–Kier alpha value is -0.840. The predicted octanol–water partition coefficient (Wildman–Crippen LogP) is 2.45. The second kappa shape index (κ2) is 6.29. The Morgan fingerprint density at radius 1 is 1.25 bits per heavy atom. The third-order valence-electron chi connectivity index (χ3n) is 4.50. The zero-order chi connectivity index (χ0) is 13.8. The molecular formula is C16H25NO3. The fraction of sp³-hybridized carbons (Fsp3) is 0.750. The van der Waals surface area contributed by atoms with Crippen molar-refractivity contribution < 1.29 is 13.9 Å². The summed E-state index contributed by atoms with van der Waals surface area (Å²) in [5.74, 6) is 2.06. The van der Waals surface area contributed by atoms with Crippen molar-refractivity contribution in [2.75, 3.05) is 26.4 Å². The first-order chi connectivity index (χ1) is 9.76. The van der Waals surface area contributed by atoms with Crippen LogP contribution in [0, 0.1) is 6.92 Å². The molecular weight excluding hydrogens is 254 g/mol. The number of nitrogens with one attached hydrogen (secondary N) is 1. The van der Waals surface area contributed by atoms with Gasteiger partial charge in [0.15, 0.2) is 0 Å². The normalized spacial score (nSPS) is 25.9. The Kier molecular flexibility index (Phi) is 4.44. The Morgan fingerprint density at radius 2 is 2.10 bits per heavy atom. The molecule has 0 amide bonds. The molecule has 2 saturated heterocycles. The molecule has 2 aliphatic rings. The number of hydrogen-bond donors (Lipinski definition) is 1. The fourth-order valence-corrected chi connectivity index (χ4v) is 3.31. The summed E-state index contributed by atoms with van der Waals surface area (Å²) in [5.41, 5.74) is 0.0788. The van der Waals surface area contributed by atoms with E-state index < -0.39 is 0 Å². The lowest BCUT2D eigenvalue weighted by Gasteiger charge is -2.43. The number of ether oxygens (including phenoxy) is 2. The van der Waals surface area contributed by atoms with Gasteiger partial charge in [-0.15, -0.1) is 0 Å². The molecule has 1 spiro atoms. The lowest BCUT2D eigenvalue weighted by atomic mass is 9.84. The van der Waals surface area contributed by atoms with Gasteiger partial charge in [0.2, 0.25) is 0 Å². The molecule has 0 aromatic carbocycles. The molecule has 4 heteroatoms. The van der Waals surface area contributed by atoms with Gasteiger partial charge in [-0.25, -0.2) is 0 Å². The van der Waals surface area contributed by atoms with Crippen LogP contribution in [0.3, 0.4) is 0 Å². The van der Waals surface area contributed by atoms with Gasteiger partial charge in [-0.1, -0.05) is 0 Å². The third-order valence-corrected chi connectivity index (χ3v) is 4.50. The molecule has 1 unspecified atom stereocenters. The standard InChI is InChI=1S/C16H25NO3/c1-13-2-3-15(20-13)4-8-17-14-5-9-19-16(12-14)6-10-18-11-7-16/h2-3,14,17H,4-12H2,1H3. The van der Waals surface area contributed by atoms with Crippen LogP contribution in [0.5, 0.6) is 0 Å². The smallest absolute Gasteiger partial charge is 0.105 e. The first-order valence-electron chi connectivity index (χ1n) is 7.76. The van der Waals surface area contributed by atoms with Crippen LogP contribution in [-0.4, -0.2) is 38.0 Å². The van der Waals surface area contributed by atoms with Crippen LogP contribution >= 0.6 is 0 Å². The first-order valence-corrected chi connectivity index (χ1v) is 7.76. The molecule has 20 heavy (non-hydrogen) atoms. The van der Waals surface area contributed by atoms with Crippen LogP contribution in [0.15, 0.2) is 16.5 Å². The topological polar surface area (TPSA) is 43.6 Å². The second-order valence-electron chi connectivity index (χ2n) is 6.05. The first kappa shape index (κ1) is 14.1. The lowest BCUT2D eigenvalue weighted by molar-refractivity contribution is -0.140. The molecule has 4 nitrogen and oxygen atoms in total. The van der Waals surface area contributed by atoms with Crippen LogP contribution < -0.4 is 5.32 Å². The molecule has 1 N–H and O–H groups in total. The number of furan rings is 1. The summed E-state index contributed by atoms with van der Waals surface area (Å²) in [4.78, 5) is 0. The minimum Gasteiger partial charge on any atom is -0.466 e. The highest BCUT2D eigenvalue weighted by molar-refractivity contribution is 5.05. The Morgan fingerprint density at radius 3 is 2.85 bits per heavy atom. The lowest BCUT2D eigenvalue weighted by Crippen LogP contribution is -2.50. The maximum Gasteiger partial charge on any atom is 0.105 e. The average molecular weight is 279 g/mol. The van der Waals surface area contributed by atoms with E-state index >= 15 is 0 Å². The monoisotopic (exact) mass is 279 g/mol. The molecule has 1 aromatic rings. The second-order valence-corrected chi connectivity index (χ2v) is 6.05. The van der Waals surface area contributed by atoms with Crippen molar-refractivity contribution in [2.24, 2.45) is 0 Å².